The largest absolute Gasteiger partial charge is 0.481 e. The van der Waals surface area contributed by atoms with E-state index in [4.69, 9.17) is 9.47 Å². The van der Waals surface area contributed by atoms with Gasteiger partial charge in [-0.2, -0.15) is 0 Å². The van der Waals surface area contributed by atoms with Crippen LogP contribution in [0.1, 0.15) is 29.8 Å². The van der Waals surface area contributed by atoms with Crippen LogP contribution in [0, 0.1) is 6.92 Å². The zero-order chi connectivity index (χ0) is 17.5. The van der Waals surface area contributed by atoms with Crippen LogP contribution in [-0.2, 0) is 9.53 Å². The van der Waals surface area contributed by atoms with Crippen LogP contribution < -0.4 is 10.1 Å². The highest BCUT2D eigenvalue weighted by molar-refractivity contribution is 5.94. The van der Waals surface area contributed by atoms with Crippen molar-refractivity contribution in [1.82, 2.24) is 0 Å². The molecule has 0 unspecified atom stereocenters. The third-order valence-electron chi connectivity index (χ3n) is 3.35. The fourth-order valence-corrected chi connectivity index (χ4v) is 2.05. The molecule has 5 nitrogen and oxygen atoms in total. The molecule has 5 heteroatoms. The van der Waals surface area contributed by atoms with Crippen molar-refractivity contribution in [3.05, 3.63) is 59.7 Å². The van der Waals surface area contributed by atoms with E-state index < -0.39 is 12.1 Å². The summed E-state index contributed by atoms with van der Waals surface area (Å²) in [5, 5.41) is 2.79. The van der Waals surface area contributed by atoms with Crippen LogP contribution in [-0.4, -0.2) is 24.6 Å². The van der Waals surface area contributed by atoms with Crippen molar-refractivity contribution in [3.8, 4) is 5.75 Å². The predicted octanol–water partition coefficient (Wildman–Crippen LogP) is 3.58. The van der Waals surface area contributed by atoms with E-state index in [2.05, 4.69) is 5.32 Å². The van der Waals surface area contributed by atoms with Crippen molar-refractivity contribution < 1.29 is 19.1 Å². The Kier molecular flexibility index (Phi) is 5.95. The maximum Gasteiger partial charge on any atom is 0.338 e. The van der Waals surface area contributed by atoms with Gasteiger partial charge in [-0.25, -0.2) is 4.79 Å². The van der Waals surface area contributed by atoms with E-state index in [0.717, 1.165) is 5.56 Å². The second kappa shape index (κ2) is 8.15. The zero-order valence-electron chi connectivity index (χ0n) is 14.0. The molecule has 0 aliphatic carbocycles. The quantitative estimate of drug-likeness (QED) is 0.824. The summed E-state index contributed by atoms with van der Waals surface area (Å²) in [5.41, 5.74) is 2.22. The lowest BCUT2D eigenvalue weighted by atomic mass is 10.2. The molecule has 0 heterocycles. The Bertz CT molecular complexity index is 710. The number of rotatable bonds is 6. The van der Waals surface area contributed by atoms with Crippen molar-refractivity contribution in [2.24, 2.45) is 0 Å². The zero-order valence-corrected chi connectivity index (χ0v) is 14.0. The molecule has 2 aromatic rings. The molecule has 0 aliphatic rings. The van der Waals surface area contributed by atoms with Gasteiger partial charge >= 0.3 is 5.97 Å². The van der Waals surface area contributed by atoms with Gasteiger partial charge in [0.1, 0.15) is 5.75 Å². The van der Waals surface area contributed by atoms with Crippen LogP contribution in [0.3, 0.4) is 0 Å². The monoisotopic (exact) mass is 327 g/mol. The average Bonchev–Trinajstić information content (AvgIpc) is 2.57. The fraction of sp³-hybridized carbons (Fsp3) is 0.263. The molecule has 126 valence electrons. The average molecular weight is 327 g/mol. The van der Waals surface area contributed by atoms with E-state index in [-0.39, 0.29) is 5.91 Å². The number of benzene rings is 2. The molecule has 0 bridgehead atoms. The molecule has 1 amide bonds. The normalized spacial score (nSPS) is 11.5. The molecular formula is C19H21NO4. The van der Waals surface area contributed by atoms with Crippen molar-refractivity contribution in [3.63, 3.8) is 0 Å². The van der Waals surface area contributed by atoms with Gasteiger partial charge in [-0.1, -0.05) is 23.8 Å². The number of amides is 1. The molecule has 0 aromatic heterocycles. The third kappa shape index (κ3) is 4.84. The molecule has 2 rings (SSSR count). The highest BCUT2D eigenvalue weighted by Crippen LogP contribution is 2.17. The highest BCUT2D eigenvalue weighted by Gasteiger charge is 2.16. The first-order chi connectivity index (χ1) is 11.5. The molecule has 0 spiro atoms. The van der Waals surface area contributed by atoms with Gasteiger partial charge < -0.3 is 14.8 Å². The summed E-state index contributed by atoms with van der Waals surface area (Å²) in [5.74, 6) is -0.243. The first kappa shape index (κ1) is 17.5. The molecule has 1 N–H and O–H groups in total. The number of aryl methyl sites for hydroxylation is 1. The predicted molar refractivity (Wildman–Crippen MR) is 92.3 cm³/mol. The summed E-state index contributed by atoms with van der Waals surface area (Å²) in [6.45, 7) is 5.68. The molecule has 0 aliphatic heterocycles. The van der Waals surface area contributed by atoms with E-state index in [0.29, 0.717) is 23.6 Å². The first-order valence-electron chi connectivity index (χ1n) is 7.81. The van der Waals surface area contributed by atoms with Crippen molar-refractivity contribution in [2.75, 3.05) is 11.9 Å². The number of carbonyl (C=O) groups is 2. The number of carbonyl (C=O) groups excluding carboxylic acids is 2. The smallest absolute Gasteiger partial charge is 0.338 e. The number of hydrogen-bond donors (Lipinski definition) is 1. The van der Waals surface area contributed by atoms with Crippen molar-refractivity contribution >= 4 is 17.6 Å². The van der Waals surface area contributed by atoms with Crippen LogP contribution in [0.2, 0.25) is 0 Å². The Morgan fingerprint density at radius 2 is 1.83 bits per heavy atom. The maximum absolute atomic E-state index is 12.2. The topological polar surface area (TPSA) is 64.6 Å². The lowest BCUT2D eigenvalue weighted by Gasteiger charge is -2.15. The number of esters is 1. The van der Waals surface area contributed by atoms with E-state index in [1.54, 1.807) is 38.1 Å². The Hall–Kier alpha value is -2.82. The van der Waals surface area contributed by atoms with Crippen LogP contribution in [0.4, 0.5) is 5.69 Å². The van der Waals surface area contributed by atoms with Crippen LogP contribution >= 0.6 is 0 Å². The van der Waals surface area contributed by atoms with Gasteiger partial charge in [0.15, 0.2) is 6.10 Å². The van der Waals surface area contributed by atoms with Crippen molar-refractivity contribution in [1.29, 1.82) is 0 Å². The number of anilines is 1. The van der Waals surface area contributed by atoms with Crippen LogP contribution in [0.15, 0.2) is 48.5 Å². The molecule has 0 radical (unpaired) electrons. The van der Waals surface area contributed by atoms with Gasteiger partial charge in [0, 0.05) is 5.69 Å². The third-order valence-corrected chi connectivity index (χ3v) is 3.35. The SMILES string of the molecule is CCOC(=O)c1cccc(O[C@@H](C)C(=O)Nc2ccc(C)cc2)c1. The summed E-state index contributed by atoms with van der Waals surface area (Å²) in [7, 11) is 0. The minimum Gasteiger partial charge on any atom is -0.481 e. The van der Waals surface area contributed by atoms with Crippen molar-refractivity contribution in [2.45, 2.75) is 26.9 Å². The maximum atomic E-state index is 12.2. The Morgan fingerprint density at radius 3 is 2.50 bits per heavy atom. The molecule has 0 fully saturated rings. The van der Waals surface area contributed by atoms with Crippen LogP contribution in [0.5, 0.6) is 5.75 Å². The molecule has 0 saturated carbocycles. The molecule has 24 heavy (non-hydrogen) atoms. The Labute approximate surface area is 141 Å². The second-order valence-corrected chi connectivity index (χ2v) is 5.36. The van der Waals surface area contributed by atoms with Gasteiger partial charge in [0.2, 0.25) is 0 Å². The summed E-state index contributed by atoms with van der Waals surface area (Å²) in [4.78, 5) is 23.9. The molecular weight excluding hydrogens is 306 g/mol. The Balaban J connectivity index is 1.99. The molecule has 2 aromatic carbocycles. The fourth-order valence-electron chi connectivity index (χ4n) is 2.05. The number of ether oxygens (including phenoxy) is 2. The van der Waals surface area contributed by atoms with Gasteiger partial charge in [-0.05, 0) is 51.1 Å². The summed E-state index contributed by atoms with van der Waals surface area (Å²) < 4.78 is 10.6. The summed E-state index contributed by atoms with van der Waals surface area (Å²) in [6, 6.07) is 14.1. The minimum atomic E-state index is -0.705. The van der Waals surface area contributed by atoms with E-state index >= 15 is 0 Å². The Morgan fingerprint density at radius 1 is 1.12 bits per heavy atom. The number of nitrogens with one attached hydrogen (secondary N) is 1. The number of hydrogen-bond acceptors (Lipinski definition) is 4. The van der Waals surface area contributed by atoms with E-state index in [1.807, 2.05) is 31.2 Å². The first-order valence-corrected chi connectivity index (χ1v) is 7.81. The lowest BCUT2D eigenvalue weighted by Crippen LogP contribution is -2.30. The van der Waals surface area contributed by atoms with Gasteiger partial charge in [0.25, 0.3) is 5.91 Å². The van der Waals surface area contributed by atoms with E-state index in [1.165, 1.54) is 0 Å². The van der Waals surface area contributed by atoms with Gasteiger partial charge in [0.05, 0.1) is 12.2 Å². The highest BCUT2D eigenvalue weighted by atomic mass is 16.5. The minimum absolute atomic E-state index is 0.264. The second-order valence-electron chi connectivity index (χ2n) is 5.36. The van der Waals surface area contributed by atoms with Crippen LogP contribution in [0.25, 0.3) is 0 Å². The van der Waals surface area contributed by atoms with Gasteiger partial charge in [-0.15, -0.1) is 0 Å². The molecule has 1 atom stereocenters. The summed E-state index contributed by atoms with van der Waals surface area (Å²) in [6.07, 6.45) is -0.705. The summed E-state index contributed by atoms with van der Waals surface area (Å²) >= 11 is 0. The lowest BCUT2D eigenvalue weighted by molar-refractivity contribution is -0.122. The molecule has 0 saturated heterocycles. The van der Waals surface area contributed by atoms with E-state index in [9.17, 15) is 9.59 Å². The standard InChI is InChI=1S/C19H21NO4/c1-4-23-19(22)15-6-5-7-17(12-15)24-14(3)18(21)20-16-10-8-13(2)9-11-16/h5-12,14H,4H2,1-3H3,(H,20,21)/t14-/m0/s1. The van der Waals surface area contributed by atoms with Gasteiger partial charge in [-0.3, -0.25) is 4.79 Å².